The number of alkyl halides is 3. The lowest BCUT2D eigenvalue weighted by molar-refractivity contribution is -0.137. The summed E-state index contributed by atoms with van der Waals surface area (Å²) in [4.78, 5) is 4.23. The largest absolute Gasteiger partial charge is 0.416 e. The van der Waals surface area contributed by atoms with Gasteiger partial charge in [-0.3, -0.25) is 4.98 Å². The second kappa shape index (κ2) is 6.59. The van der Waals surface area contributed by atoms with Gasteiger partial charge in [-0.1, -0.05) is 18.7 Å². The van der Waals surface area contributed by atoms with E-state index in [0.29, 0.717) is 17.7 Å². The van der Waals surface area contributed by atoms with Crippen molar-refractivity contribution < 1.29 is 13.2 Å². The lowest BCUT2D eigenvalue weighted by atomic mass is 9.92. The zero-order chi connectivity index (χ0) is 18.0. The summed E-state index contributed by atoms with van der Waals surface area (Å²) in [6.07, 6.45) is 3.07. The van der Waals surface area contributed by atoms with Crippen molar-refractivity contribution in [1.82, 2.24) is 10.3 Å². The molecule has 2 heterocycles. The number of aromatic nitrogens is 1. The third kappa shape index (κ3) is 3.99. The first-order valence-electron chi connectivity index (χ1n) is 7.78. The first-order chi connectivity index (χ1) is 11.8. The molecular formula is C20H17F3N2. The monoisotopic (exact) mass is 342 g/mol. The maximum Gasteiger partial charge on any atom is 0.416 e. The summed E-state index contributed by atoms with van der Waals surface area (Å²) in [5, 5.41) is 2.95. The highest BCUT2D eigenvalue weighted by atomic mass is 19.4. The van der Waals surface area contributed by atoms with Crippen molar-refractivity contribution in [3.8, 4) is 0 Å². The molecule has 0 spiro atoms. The number of hydrogen-bond donors (Lipinski definition) is 1. The number of nitrogens with zero attached hydrogens (tertiary/aromatic N) is 1. The Kier molecular flexibility index (Phi) is 4.49. The lowest BCUT2D eigenvalue weighted by Crippen LogP contribution is -2.09. The van der Waals surface area contributed by atoms with Crippen molar-refractivity contribution in [2.24, 2.45) is 0 Å². The van der Waals surface area contributed by atoms with Crippen LogP contribution in [0, 0.1) is 6.92 Å². The maximum atomic E-state index is 13.1. The molecule has 1 aliphatic heterocycles. The second-order valence-electron chi connectivity index (χ2n) is 5.96. The fourth-order valence-corrected chi connectivity index (χ4v) is 2.70. The summed E-state index contributed by atoms with van der Waals surface area (Å²) in [5.41, 5.74) is 3.96. The molecule has 0 aliphatic carbocycles. The smallest absolute Gasteiger partial charge is 0.362 e. The van der Waals surface area contributed by atoms with Crippen molar-refractivity contribution in [2.75, 3.05) is 0 Å². The van der Waals surface area contributed by atoms with Gasteiger partial charge in [0.25, 0.3) is 0 Å². The highest BCUT2D eigenvalue weighted by Crippen LogP contribution is 2.33. The fraction of sp³-hybridized carbons (Fsp3) is 0.150. The highest BCUT2D eigenvalue weighted by Gasteiger charge is 2.31. The molecule has 1 N–H and O–H groups in total. The Morgan fingerprint density at radius 3 is 2.60 bits per heavy atom. The molecule has 0 atom stereocenters. The van der Waals surface area contributed by atoms with Crippen LogP contribution in [0.5, 0.6) is 0 Å². The van der Waals surface area contributed by atoms with Gasteiger partial charge in [0.05, 0.1) is 5.56 Å². The summed E-state index contributed by atoms with van der Waals surface area (Å²) < 4.78 is 39.4. The number of nitrogens with one attached hydrogen (secondary N) is 1. The van der Waals surface area contributed by atoms with Gasteiger partial charge in [0, 0.05) is 23.8 Å². The molecule has 0 bridgehead atoms. The van der Waals surface area contributed by atoms with Crippen LogP contribution in [0.3, 0.4) is 0 Å². The molecular weight excluding hydrogens is 325 g/mol. The molecule has 1 aromatic carbocycles. The van der Waals surface area contributed by atoms with Crippen LogP contribution in [0.15, 0.2) is 67.2 Å². The van der Waals surface area contributed by atoms with E-state index in [9.17, 15) is 13.2 Å². The van der Waals surface area contributed by atoms with Gasteiger partial charge in [-0.05, 0) is 66.0 Å². The van der Waals surface area contributed by atoms with Crippen LogP contribution < -0.4 is 5.32 Å². The van der Waals surface area contributed by atoms with E-state index >= 15 is 0 Å². The Balaban J connectivity index is 2.06. The van der Waals surface area contributed by atoms with Crippen molar-refractivity contribution in [2.45, 2.75) is 19.5 Å². The number of dihydropyridines is 1. The Bertz CT molecular complexity index is 860. The fourth-order valence-electron chi connectivity index (χ4n) is 2.70. The zero-order valence-corrected chi connectivity index (χ0v) is 13.7. The van der Waals surface area contributed by atoms with Crippen molar-refractivity contribution >= 4 is 5.57 Å². The second-order valence-corrected chi connectivity index (χ2v) is 5.96. The molecule has 0 unspecified atom stereocenters. The molecule has 0 saturated heterocycles. The van der Waals surface area contributed by atoms with Gasteiger partial charge in [0.15, 0.2) is 0 Å². The third-order valence-corrected chi connectivity index (χ3v) is 3.97. The van der Waals surface area contributed by atoms with E-state index in [1.54, 1.807) is 12.4 Å². The van der Waals surface area contributed by atoms with Crippen LogP contribution in [0.25, 0.3) is 5.57 Å². The molecule has 0 saturated carbocycles. The summed E-state index contributed by atoms with van der Waals surface area (Å²) in [6, 6.07) is 7.60. The Morgan fingerprint density at radius 1 is 1.16 bits per heavy atom. The van der Waals surface area contributed by atoms with Crippen LogP contribution in [-0.4, -0.2) is 4.98 Å². The topological polar surface area (TPSA) is 24.9 Å². The predicted molar refractivity (Wildman–Crippen MR) is 92.6 cm³/mol. The minimum atomic E-state index is -4.37. The number of pyridine rings is 1. The van der Waals surface area contributed by atoms with E-state index < -0.39 is 11.7 Å². The van der Waals surface area contributed by atoms with E-state index in [1.165, 1.54) is 12.1 Å². The summed E-state index contributed by atoms with van der Waals surface area (Å²) >= 11 is 0. The van der Waals surface area contributed by atoms with Crippen LogP contribution in [0.2, 0.25) is 0 Å². The van der Waals surface area contributed by atoms with Crippen LogP contribution in [0.1, 0.15) is 27.9 Å². The predicted octanol–water partition coefficient (Wildman–Crippen LogP) is 5.01. The quantitative estimate of drug-likeness (QED) is 0.848. The number of benzene rings is 1. The number of rotatable bonds is 3. The van der Waals surface area contributed by atoms with Gasteiger partial charge in [0.1, 0.15) is 0 Å². The van der Waals surface area contributed by atoms with E-state index in [2.05, 4.69) is 16.9 Å². The molecule has 1 aliphatic rings. The van der Waals surface area contributed by atoms with E-state index in [1.807, 2.05) is 31.2 Å². The summed E-state index contributed by atoms with van der Waals surface area (Å²) in [5.74, 6) is 0. The SMILES string of the molecule is C=C1C=C(c2ccc(C(F)(F)F)cc2Cc2ccc(C)nc2)C=CN1. The Hall–Kier alpha value is -2.82. The van der Waals surface area contributed by atoms with Gasteiger partial charge in [-0.2, -0.15) is 13.2 Å². The molecule has 2 aromatic rings. The normalized spacial score (nSPS) is 14.2. The van der Waals surface area contributed by atoms with Crippen molar-refractivity contribution in [3.05, 3.63) is 95.1 Å². The number of hydrogen-bond acceptors (Lipinski definition) is 2. The standard InChI is InChI=1S/C20H17F3N2/c1-13-3-4-15(12-25-13)10-17-11-18(20(21,22)23)5-6-19(17)16-7-8-24-14(2)9-16/h3-9,11-12,24H,2,10H2,1H3. The molecule has 2 nitrogen and oxygen atoms in total. The first-order valence-corrected chi connectivity index (χ1v) is 7.78. The highest BCUT2D eigenvalue weighted by molar-refractivity contribution is 5.79. The van der Waals surface area contributed by atoms with Gasteiger partial charge in [-0.15, -0.1) is 0 Å². The van der Waals surface area contributed by atoms with Crippen LogP contribution in [0.4, 0.5) is 13.2 Å². The van der Waals surface area contributed by atoms with E-state index in [0.717, 1.165) is 28.5 Å². The van der Waals surface area contributed by atoms with E-state index in [4.69, 9.17) is 0 Å². The lowest BCUT2D eigenvalue weighted by Gasteiger charge is -2.17. The number of aryl methyl sites for hydroxylation is 1. The van der Waals surface area contributed by atoms with Crippen molar-refractivity contribution in [1.29, 1.82) is 0 Å². The molecule has 25 heavy (non-hydrogen) atoms. The Morgan fingerprint density at radius 2 is 1.96 bits per heavy atom. The molecule has 128 valence electrons. The average Bonchev–Trinajstić information content (AvgIpc) is 2.56. The van der Waals surface area contributed by atoms with Crippen LogP contribution >= 0.6 is 0 Å². The molecule has 3 rings (SSSR count). The van der Waals surface area contributed by atoms with Crippen molar-refractivity contribution in [3.63, 3.8) is 0 Å². The Labute approximate surface area is 144 Å². The minimum Gasteiger partial charge on any atom is -0.362 e. The van der Waals surface area contributed by atoms with E-state index in [-0.39, 0.29) is 0 Å². The minimum absolute atomic E-state index is 0.373. The first kappa shape index (κ1) is 17.0. The van der Waals surface area contributed by atoms with Gasteiger partial charge in [0.2, 0.25) is 0 Å². The number of halogens is 3. The van der Waals surface area contributed by atoms with Crippen LogP contribution in [-0.2, 0) is 12.6 Å². The summed E-state index contributed by atoms with van der Waals surface area (Å²) in [7, 11) is 0. The molecule has 0 radical (unpaired) electrons. The molecule has 5 heteroatoms. The van der Waals surface area contributed by atoms with Gasteiger partial charge in [-0.25, -0.2) is 0 Å². The van der Waals surface area contributed by atoms with Gasteiger partial charge >= 0.3 is 6.18 Å². The molecule has 0 fully saturated rings. The molecule has 1 aromatic heterocycles. The molecule has 0 amide bonds. The number of allylic oxidation sites excluding steroid dienone is 3. The van der Waals surface area contributed by atoms with Gasteiger partial charge < -0.3 is 5.32 Å². The maximum absolute atomic E-state index is 13.1. The zero-order valence-electron chi connectivity index (χ0n) is 13.7. The summed E-state index contributed by atoms with van der Waals surface area (Å²) in [6.45, 7) is 5.71. The third-order valence-electron chi connectivity index (χ3n) is 3.97. The average molecular weight is 342 g/mol.